The zero-order valence-corrected chi connectivity index (χ0v) is 17.5. The molecule has 6 nitrogen and oxygen atoms in total. The lowest BCUT2D eigenvalue weighted by Gasteiger charge is -2.25. The van der Waals surface area contributed by atoms with Gasteiger partial charge in [0.05, 0.1) is 12.0 Å². The summed E-state index contributed by atoms with van der Waals surface area (Å²) < 4.78 is 7.33. The van der Waals surface area contributed by atoms with E-state index in [9.17, 15) is 14.4 Å². The van der Waals surface area contributed by atoms with E-state index in [2.05, 4.69) is 0 Å². The number of esters is 1. The van der Waals surface area contributed by atoms with Crippen LogP contribution >= 0.6 is 0 Å². The number of likely N-dealkylation sites (tertiary alicyclic amines) is 1. The monoisotopic (exact) mass is 396 g/mol. The Morgan fingerprint density at radius 1 is 1.21 bits per heavy atom. The van der Waals surface area contributed by atoms with Gasteiger partial charge >= 0.3 is 5.97 Å². The number of amides is 1. The number of aromatic nitrogens is 1. The Hall–Kier alpha value is -2.89. The molecule has 6 heteroatoms. The normalized spacial score (nSPS) is 17.4. The number of hydrogen-bond donors (Lipinski definition) is 0. The Kier molecular flexibility index (Phi) is 6.20. The number of ketones is 1. The van der Waals surface area contributed by atoms with Gasteiger partial charge in [0.25, 0.3) is 0 Å². The highest BCUT2D eigenvalue weighted by Gasteiger charge is 2.38. The van der Waals surface area contributed by atoms with Crippen LogP contribution in [0.4, 0.5) is 0 Å². The highest BCUT2D eigenvalue weighted by Crippen LogP contribution is 2.29. The maximum atomic E-state index is 12.5. The average molecular weight is 396 g/mol. The SMILES string of the molecule is CCn1c(C)cc(C(=O)COC(=O)[C@H]2CC(=O)N([C@H](C)c3ccccc3)C2)c1C. The highest BCUT2D eigenvalue weighted by molar-refractivity contribution is 5.99. The van der Waals surface area contributed by atoms with Crippen molar-refractivity contribution in [3.05, 3.63) is 58.9 Å². The van der Waals surface area contributed by atoms with Crippen LogP contribution in [0, 0.1) is 19.8 Å². The third-order valence-electron chi connectivity index (χ3n) is 5.78. The maximum Gasteiger partial charge on any atom is 0.311 e. The van der Waals surface area contributed by atoms with Crippen LogP contribution in [-0.2, 0) is 20.9 Å². The van der Waals surface area contributed by atoms with Crippen molar-refractivity contribution in [3.63, 3.8) is 0 Å². The topological polar surface area (TPSA) is 68.6 Å². The molecule has 3 rings (SSSR count). The minimum atomic E-state index is -0.537. The summed E-state index contributed by atoms with van der Waals surface area (Å²) in [6.07, 6.45) is 0.120. The summed E-state index contributed by atoms with van der Waals surface area (Å²) in [5.41, 5.74) is 3.49. The molecule has 2 atom stereocenters. The lowest BCUT2D eigenvalue weighted by atomic mass is 10.1. The third-order valence-corrected chi connectivity index (χ3v) is 5.78. The molecule has 1 saturated heterocycles. The molecule has 1 fully saturated rings. The molecule has 2 aromatic rings. The first-order valence-corrected chi connectivity index (χ1v) is 10.0. The molecule has 0 saturated carbocycles. The smallest absolute Gasteiger partial charge is 0.311 e. The first kappa shape index (κ1) is 20.8. The zero-order valence-electron chi connectivity index (χ0n) is 17.5. The molecule has 0 N–H and O–H groups in total. The predicted octanol–water partition coefficient (Wildman–Crippen LogP) is 3.46. The van der Waals surface area contributed by atoms with Crippen LogP contribution in [0.15, 0.2) is 36.4 Å². The molecule has 0 radical (unpaired) electrons. The van der Waals surface area contributed by atoms with Crippen molar-refractivity contribution in [1.82, 2.24) is 9.47 Å². The number of nitrogens with zero attached hydrogens (tertiary/aromatic N) is 2. The molecule has 1 amide bonds. The summed E-state index contributed by atoms with van der Waals surface area (Å²) in [6.45, 7) is 8.61. The van der Waals surface area contributed by atoms with Crippen LogP contribution < -0.4 is 0 Å². The standard InChI is InChI=1S/C23H28N2O4/c1-5-24-15(2)11-20(17(24)4)21(26)14-29-23(28)19-12-22(27)25(13-19)16(3)18-9-7-6-8-10-18/h6-11,16,19H,5,12-14H2,1-4H3/t16-,19+/m1/s1. The fraction of sp³-hybridized carbons (Fsp3) is 0.435. The number of aryl methyl sites for hydroxylation is 1. The molecule has 0 bridgehead atoms. The molecule has 0 unspecified atom stereocenters. The van der Waals surface area contributed by atoms with Gasteiger partial charge in [-0.1, -0.05) is 30.3 Å². The van der Waals surface area contributed by atoms with E-state index in [1.165, 1.54) is 0 Å². The second-order valence-electron chi connectivity index (χ2n) is 7.59. The van der Waals surface area contributed by atoms with E-state index in [4.69, 9.17) is 4.74 Å². The van der Waals surface area contributed by atoms with E-state index in [0.717, 1.165) is 23.5 Å². The van der Waals surface area contributed by atoms with Gasteiger partial charge in [-0.3, -0.25) is 14.4 Å². The summed E-state index contributed by atoms with van der Waals surface area (Å²) in [5, 5.41) is 0. The number of Topliss-reactive ketones (excluding diaryl/α,β-unsaturated/α-hetero) is 1. The minimum Gasteiger partial charge on any atom is -0.457 e. The predicted molar refractivity (Wildman–Crippen MR) is 110 cm³/mol. The van der Waals surface area contributed by atoms with Gasteiger partial charge in [0.2, 0.25) is 11.7 Å². The molecule has 0 spiro atoms. The van der Waals surface area contributed by atoms with Gasteiger partial charge in [0.1, 0.15) is 0 Å². The van der Waals surface area contributed by atoms with Crippen LogP contribution in [0.25, 0.3) is 0 Å². The fourth-order valence-corrected chi connectivity index (χ4v) is 4.08. The molecule has 29 heavy (non-hydrogen) atoms. The highest BCUT2D eigenvalue weighted by atomic mass is 16.5. The van der Waals surface area contributed by atoms with Crippen molar-refractivity contribution in [2.24, 2.45) is 5.92 Å². The van der Waals surface area contributed by atoms with Crippen molar-refractivity contribution >= 4 is 17.7 Å². The Balaban J connectivity index is 1.59. The largest absolute Gasteiger partial charge is 0.457 e. The molecule has 1 aromatic carbocycles. The van der Waals surface area contributed by atoms with E-state index in [1.54, 1.807) is 4.90 Å². The summed E-state index contributed by atoms with van der Waals surface area (Å²) in [6, 6.07) is 11.4. The van der Waals surface area contributed by atoms with Crippen molar-refractivity contribution in [3.8, 4) is 0 Å². The van der Waals surface area contributed by atoms with Crippen LogP contribution in [0.2, 0.25) is 0 Å². The van der Waals surface area contributed by atoms with E-state index in [1.807, 2.05) is 68.7 Å². The average Bonchev–Trinajstić information content (AvgIpc) is 3.25. The number of carbonyl (C=O) groups excluding carboxylic acids is 3. The number of ether oxygens (including phenoxy) is 1. The fourth-order valence-electron chi connectivity index (χ4n) is 4.08. The quantitative estimate of drug-likeness (QED) is 0.531. The van der Waals surface area contributed by atoms with Gasteiger partial charge in [0.15, 0.2) is 6.61 Å². The Bertz CT molecular complexity index is 916. The zero-order chi connectivity index (χ0) is 21.1. The Morgan fingerprint density at radius 3 is 2.52 bits per heavy atom. The number of benzene rings is 1. The van der Waals surface area contributed by atoms with Gasteiger partial charge in [-0.25, -0.2) is 0 Å². The summed E-state index contributed by atoms with van der Waals surface area (Å²) in [4.78, 5) is 39.1. The van der Waals surface area contributed by atoms with Gasteiger partial charge < -0.3 is 14.2 Å². The van der Waals surface area contributed by atoms with Gasteiger partial charge in [-0.05, 0) is 39.3 Å². The van der Waals surface area contributed by atoms with Gasteiger partial charge in [-0.2, -0.15) is 0 Å². The first-order valence-electron chi connectivity index (χ1n) is 10.0. The number of carbonyl (C=O) groups is 3. The number of hydrogen-bond acceptors (Lipinski definition) is 4. The molecule has 1 aromatic heterocycles. The van der Waals surface area contributed by atoms with Crippen LogP contribution in [0.1, 0.15) is 53.6 Å². The van der Waals surface area contributed by atoms with Gasteiger partial charge in [0, 0.05) is 36.5 Å². The minimum absolute atomic E-state index is 0.0684. The van der Waals surface area contributed by atoms with Crippen molar-refractivity contribution in [1.29, 1.82) is 0 Å². The summed E-state index contributed by atoms with van der Waals surface area (Å²) in [7, 11) is 0. The van der Waals surface area contributed by atoms with E-state index < -0.39 is 11.9 Å². The molecule has 1 aliphatic rings. The first-order chi connectivity index (χ1) is 13.8. The Labute approximate surface area is 171 Å². The summed E-state index contributed by atoms with van der Waals surface area (Å²) >= 11 is 0. The second kappa shape index (κ2) is 8.64. The van der Waals surface area contributed by atoms with Crippen LogP contribution in [-0.4, -0.2) is 40.3 Å². The van der Waals surface area contributed by atoms with E-state index in [0.29, 0.717) is 12.1 Å². The summed E-state index contributed by atoms with van der Waals surface area (Å²) in [5.74, 6) is -1.31. The lowest BCUT2D eigenvalue weighted by molar-refractivity contribution is -0.147. The van der Waals surface area contributed by atoms with Crippen molar-refractivity contribution in [2.45, 2.75) is 46.7 Å². The molecule has 0 aliphatic carbocycles. The molecule has 154 valence electrons. The van der Waals surface area contributed by atoms with Crippen LogP contribution in [0.3, 0.4) is 0 Å². The molecule has 1 aliphatic heterocycles. The van der Waals surface area contributed by atoms with Crippen molar-refractivity contribution in [2.75, 3.05) is 13.2 Å². The molecule has 2 heterocycles. The number of rotatable bonds is 7. The molecular weight excluding hydrogens is 368 g/mol. The lowest BCUT2D eigenvalue weighted by Crippen LogP contribution is -2.30. The van der Waals surface area contributed by atoms with Crippen LogP contribution in [0.5, 0.6) is 0 Å². The van der Waals surface area contributed by atoms with E-state index in [-0.39, 0.29) is 30.8 Å². The van der Waals surface area contributed by atoms with E-state index >= 15 is 0 Å². The second-order valence-corrected chi connectivity index (χ2v) is 7.59. The maximum absolute atomic E-state index is 12.5. The third kappa shape index (κ3) is 4.26. The molecular formula is C23H28N2O4. The van der Waals surface area contributed by atoms with Crippen molar-refractivity contribution < 1.29 is 19.1 Å². The Morgan fingerprint density at radius 2 is 1.90 bits per heavy atom. The van der Waals surface area contributed by atoms with Gasteiger partial charge in [-0.15, -0.1) is 0 Å².